The van der Waals surface area contributed by atoms with Gasteiger partial charge < -0.3 is 24.4 Å². The largest absolute Gasteiger partial charge is 0.497 e. The highest BCUT2D eigenvalue weighted by molar-refractivity contribution is 5.99. The van der Waals surface area contributed by atoms with Gasteiger partial charge in [0.25, 0.3) is 5.91 Å². The lowest BCUT2D eigenvalue weighted by molar-refractivity contribution is -0.128. The van der Waals surface area contributed by atoms with Crippen LogP contribution in [-0.2, 0) is 14.9 Å². The summed E-state index contributed by atoms with van der Waals surface area (Å²) in [5.74, 6) is 1.12. The van der Waals surface area contributed by atoms with E-state index in [1.807, 2.05) is 42.5 Å². The number of carbonyl (C=O) groups is 1. The minimum Gasteiger partial charge on any atom is -0.497 e. The molecule has 2 aromatic rings. The highest BCUT2D eigenvalue weighted by Crippen LogP contribution is 2.32. The second-order valence-corrected chi connectivity index (χ2v) is 9.32. The Kier molecular flexibility index (Phi) is 6.80. The molecule has 1 saturated heterocycles. The number of hydrogen-bond donors (Lipinski definition) is 1. The number of morpholine rings is 1. The number of benzene rings is 2. The van der Waals surface area contributed by atoms with Crippen molar-refractivity contribution in [3.63, 3.8) is 0 Å². The Balaban J connectivity index is 1.77. The van der Waals surface area contributed by atoms with E-state index in [4.69, 9.17) is 14.2 Å². The summed E-state index contributed by atoms with van der Waals surface area (Å²) in [4.78, 5) is 15.4. The van der Waals surface area contributed by atoms with E-state index in [1.165, 1.54) is 5.56 Å². The molecule has 6 nitrogen and oxygen atoms in total. The van der Waals surface area contributed by atoms with Crippen LogP contribution in [-0.4, -0.2) is 44.9 Å². The third-order valence-corrected chi connectivity index (χ3v) is 5.44. The van der Waals surface area contributed by atoms with Crippen LogP contribution < -0.4 is 19.7 Å². The van der Waals surface area contributed by atoms with E-state index in [0.29, 0.717) is 30.4 Å². The molecular weight excluding hydrogens is 392 g/mol. The van der Waals surface area contributed by atoms with Gasteiger partial charge in [0.1, 0.15) is 11.5 Å². The number of nitrogens with zero attached hydrogens (tertiary/aromatic N) is 1. The van der Waals surface area contributed by atoms with Crippen LogP contribution in [0.2, 0.25) is 0 Å². The molecule has 0 aromatic heterocycles. The van der Waals surface area contributed by atoms with Crippen molar-refractivity contribution in [3.8, 4) is 11.5 Å². The fourth-order valence-electron chi connectivity index (χ4n) is 3.46. The van der Waals surface area contributed by atoms with Crippen molar-refractivity contribution in [2.45, 2.75) is 45.6 Å². The normalized spacial score (nSPS) is 14.8. The van der Waals surface area contributed by atoms with Crippen molar-refractivity contribution in [3.05, 3.63) is 48.0 Å². The lowest BCUT2D eigenvalue weighted by atomic mass is 9.87. The summed E-state index contributed by atoms with van der Waals surface area (Å²) < 4.78 is 16.9. The fraction of sp³-hybridized carbons (Fsp3) is 0.480. The average molecular weight is 427 g/mol. The van der Waals surface area contributed by atoms with E-state index in [2.05, 4.69) is 31.0 Å². The quantitative estimate of drug-likeness (QED) is 0.730. The summed E-state index contributed by atoms with van der Waals surface area (Å²) in [5.41, 5.74) is 1.87. The Morgan fingerprint density at radius 3 is 2.16 bits per heavy atom. The Labute approximate surface area is 185 Å². The molecule has 0 saturated carbocycles. The second-order valence-electron chi connectivity index (χ2n) is 9.32. The fourth-order valence-corrected chi connectivity index (χ4v) is 3.46. The molecule has 0 unspecified atom stereocenters. The third-order valence-electron chi connectivity index (χ3n) is 5.44. The van der Waals surface area contributed by atoms with Crippen molar-refractivity contribution < 1.29 is 19.0 Å². The predicted molar refractivity (Wildman–Crippen MR) is 125 cm³/mol. The van der Waals surface area contributed by atoms with Crippen molar-refractivity contribution >= 4 is 17.3 Å². The maximum Gasteiger partial charge on any atom is 0.268 e. The van der Waals surface area contributed by atoms with E-state index in [1.54, 1.807) is 21.0 Å². The van der Waals surface area contributed by atoms with E-state index >= 15 is 0 Å². The van der Waals surface area contributed by atoms with Crippen LogP contribution in [0.25, 0.3) is 0 Å². The first kappa shape index (κ1) is 22.9. The third kappa shape index (κ3) is 5.70. The van der Waals surface area contributed by atoms with Gasteiger partial charge in [-0.2, -0.15) is 0 Å². The van der Waals surface area contributed by atoms with Crippen LogP contribution >= 0.6 is 0 Å². The summed E-state index contributed by atoms with van der Waals surface area (Å²) in [6.45, 7) is 12.9. The molecule has 6 heteroatoms. The maximum atomic E-state index is 13.2. The average Bonchev–Trinajstić information content (AvgIpc) is 2.73. The zero-order chi connectivity index (χ0) is 22.6. The lowest BCUT2D eigenvalue weighted by Gasteiger charge is -2.32. The first-order valence-electron chi connectivity index (χ1n) is 10.7. The molecule has 0 bridgehead atoms. The molecule has 1 heterocycles. The minimum absolute atomic E-state index is 0.0632. The number of methoxy groups -OCH3 is 1. The summed E-state index contributed by atoms with van der Waals surface area (Å²) in [7, 11) is 1.61. The van der Waals surface area contributed by atoms with Crippen molar-refractivity contribution in [2.24, 2.45) is 0 Å². The van der Waals surface area contributed by atoms with Crippen LogP contribution in [0.1, 0.15) is 40.2 Å². The zero-order valence-electron chi connectivity index (χ0n) is 19.5. The van der Waals surface area contributed by atoms with E-state index in [9.17, 15) is 4.79 Å². The van der Waals surface area contributed by atoms with Crippen LogP contribution in [0.15, 0.2) is 42.5 Å². The SMILES string of the molecule is COc1ccc(N2CCOCC2)c(NC(=O)C(C)(C)Oc2ccc(C(C)(C)C)cc2)c1. The van der Waals surface area contributed by atoms with Crippen LogP contribution in [0.3, 0.4) is 0 Å². The standard InChI is InChI=1S/C25H34N2O4/c1-24(2,3)18-7-9-19(10-8-18)31-25(4,5)23(28)26-21-17-20(29-6)11-12-22(21)27-13-15-30-16-14-27/h7-12,17H,13-16H2,1-6H3,(H,26,28). The highest BCUT2D eigenvalue weighted by Gasteiger charge is 2.31. The van der Waals surface area contributed by atoms with E-state index in [0.717, 1.165) is 18.8 Å². The molecule has 1 aliphatic rings. The zero-order valence-corrected chi connectivity index (χ0v) is 19.5. The second kappa shape index (κ2) is 9.18. The highest BCUT2D eigenvalue weighted by atomic mass is 16.5. The van der Waals surface area contributed by atoms with Gasteiger partial charge in [0, 0.05) is 19.2 Å². The first-order valence-corrected chi connectivity index (χ1v) is 10.7. The molecule has 168 valence electrons. The van der Waals surface area contributed by atoms with Crippen molar-refractivity contribution in [2.75, 3.05) is 43.6 Å². The molecule has 0 aliphatic carbocycles. The smallest absolute Gasteiger partial charge is 0.268 e. The van der Waals surface area contributed by atoms with Gasteiger partial charge in [-0.25, -0.2) is 0 Å². The Bertz CT molecular complexity index is 895. The number of amides is 1. The molecule has 1 amide bonds. The van der Waals surface area contributed by atoms with Crippen molar-refractivity contribution in [1.82, 2.24) is 0 Å². The minimum atomic E-state index is -1.06. The number of nitrogens with one attached hydrogen (secondary N) is 1. The summed E-state index contributed by atoms with van der Waals surface area (Å²) in [5, 5.41) is 3.05. The molecule has 1 aliphatic heterocycles. The first-order chi connectivity index (χ1) is 14.6. The van der Waals surface area contributed by atoms with Crippen LogP contribution in [0, 0.1) is 0 Å². The summed E-state index contributed by atoms with van der Waals surface area (Å²) in [6, 6.07) is 13.6. The van der Waals surface area contributed by atoms with Crippen LogP contribution in [0.4, 0.5) is 11.4 Å². The Morgan fingerprint density at radius 1 is 0.968 bits per heavy atom. The molecule has 0 atom stereocenters. The molecule has 1 fully saturated rings. The van der Waals surface area contributed by atoms with Gasteiger partial charge in [-0.05, 0) is 49.1 Å². The molecule has 0 radical (unpaired) electrons. The van der Waals surface area contributed by atoms with E-state index in [-0.39, 0.29) is 11.3 Å². The van der Waals surface area contributed by atoms with Gasteiger partial charge in [0.15, 0.2) is 5.60 Å². The molecule has 31 heavy (non-hydrogen) atoms. The molecule has 2 aromatic carbocycles. The van der Waals surface area contributed by atoms with Gasteiger partial charge in [-0.15, -0.1) is 0 Å². The molecule has 1 N–H and O–H groups in total. The van der Waals surface area contributed by atoms with Gasteiger partial charge in [-0.1, -0.05) is 32.9 Å². The Morgan fingerprint density at radius 2 is 1.58 bits per heavy atom. The number of ether oxygens (including phenoxy) is 3. The van der Waals surface area contributed by atoms with Crippen molar-refractivity contribution in [1.29, 1.82) is 0 Å². The topological polar surface area (TPSA) is 60.0 Å². The number of anilines is 2. The lowest BCUT2D eigenvalue weighted by Crippen LogP contribution is -2.43. The maximum absolute atomic E-state index is 13.2. The van der Waals surface area contributed by atoms with Gasteiger partial charge in [-0.3, -0.25) is 4.79 Å². The molecule has 3 rings (SSSR count). The number of rotatable bonds is 6. The summed E-state index contributed by atoms with van der Waals surface area (Å²) in [6.07, 6.45) is 0. The predicted octanol–water partition coefficient (Wildman–Crippen LogP) is 4.63. The number of carbonyl (C=O) groups excluding carboxylic acids is 1. The monoisotopic (exact) mass is 426 g/mol. The molecule has 0 spiro atoms. The van der Waals surface area contributed by atoms with Crippen LogP contribution in [0.5, 0.6) is 11.5 Å². The molecular formula is C25H34N2O4. The van der Waals surface area contributed by atoms with Gasteiger partial charge in [0.05, 0.1) is 31.7 Å². The van der Waals surface area contributed by atoms with Gasteiger partial charge >= 0.3 is 0 Å². The number of hydrogen-bond acceptors (Lipinski definition) is 5. The van der Waals surface area contributed by atoms with Gasteiger partial charge in [0.2, 0.25) is 0 Å². The van der Waals surface area contributed by atoms with E-state index < -0.39 is 5.60 Å². The Hall–Kier alpha value is -2.73. The summed E-state index contributed by atoms with van der Waals surface area (Å²) >= 11 is 0.